The smallest absolute Gasteiger partial charge is 0.134 e. The van der Waals surface area contributed by atoms with E-state index >= 15 is 0 Å². The van der Waals surface area contributed by atoms with Crippen LogP contribution in [0.5, 0.6) is 0 Å². The molecule has 0 aliphatic rings. The van der Waals surface area contributed by atoms with Gasteiger partial charge < -0.3 is 10.6 Å². The number of hydrogen-bond donors (Lipinski definition) is 2. The van der Waals surface area contributed by atoms with Gasteiger partial charge in [-0.25, -0.2) is 0 Å². The van der Waals surface area contributed by atoms with Crippen molar-refractivity contribution in [2.24, 2.45) is 0 Å². The second kappa shape index (κ2) is 5.07. The second-order valence-corrected chi connectivity index (χ2v) is 4.93. The summed E-state index contributed by atoms with van der Waals surface area (Å²) in [5.41, 5.74) is 1.91. The molecule has 3 rings (SSSR count). The van der Waals surface area contributed by atoms with Gasteiger partial charge in [0.1, 0.15) is 10.0 Å². The van der Waals surface area contributed by atoms with Crippen LogP contribution in [-0.4, -0.2) is 19.2 Å². The molecule has 0 aliphatic heterocycles. The van der Waals surface area contributed by atoms with Crippen LogP contribution in [0.4, 0.5) is 21.4 Å². The molecule has 0 radical (unpaired) electrons. The molecule has 0 saturated carbocycles. The van der Waals surface area contributed by atoms with Crippen LogP contribution in [-0.2, 0) is 0 Å². The van der Waals surface area contributed by atoms with Gasteiger partial charge in [0.15, 0.2) is 0 Å². The third-order valence-corrected chi connectivity index (χ3v) is 3.33. The Morgan fingerprint density at radius 2 is 1.28 bits per heavy atom. The van der Waals surface area contributed by atoms with Gasteiger partial charge in [0.2, 0.25) is 0 Å². The molecule has 0 aliphatic carbocycles. The van der Waals surface area contributed by atoms with E-state index in [0.717, 1.165) is 21.4 Å². The van der Waals surface area contributed by atoms with Crippen LogP contribution >= 0.6 is 23.1 Å². The lowest BCUT2D eigenvalue weighted by molar-refractivity contribution is 1.16. The van der Waals surface area contributed by atoms with Gasteiger partial charge in [0.05, 0.1) is 23.8 Å². The van der Waals surface area contributed by atoms with Crippen LogP contribution in [0.2, 0.25) is 0 Å². The predicted octanol–water partition coefficient (Wildman–Crippen LogP) is 2.88. The molecule has 0 bridgehead atoms. The van der Waals surface area contributed by atoms with Crippen LogP contribution in [0.15, 0.2) is 36.7 Å². The van der Waals surface area contributed by atoms with Gasteiger partial charge in [-0.15, -0.1) is 10.2 Å². The topological polar surface area (TPSA) is 75.6 Å². The van der Waals surface area contributed by atoms with Crippen molar-refractivity contribution in [2.45, 2.75) is 0 Å². The fourth-order valence-electron chi connectivity index (χ4n) is 1.41. The van der Waals surface area contributed by atoms with Crippen molar-refractivity contribution in [3.63, 3.8) is 0 Å². The van der Waals surface area contributed by atoms with Crippen molar-refractivity contribution in [1.82, 2.24) is 19.2 Å². The van der Waals surface area contributed by atoms with Crippen molar-refractivity contribution in [3.8, 4) is 0 Å². The summed E-state index contributed by atoms with van der Waals surface area (Å²) in [6.07, 6.45) is 3.38. The van der Waals surface area contributed by atoms with Crippen molar-refractivity contribution < 1.29 is 0 Å². The minimum Gasteiger partial charge on any atom is -0.343 e. The van der Waals surface area contributed by atoms with E-state index in [2.05, 4.69) is 29.8 Å². The number of nitrogens with zero attached hydrogens (tertiary/aromatic N) is 4. The Bertz CT molecular complexity index is 552. The van der Waals surface area contributed by atoms with Crippen LogP contribution in [0.25, 0.3) is 0 Å². The second-order valence-electron chi connectivity index (χ2n) is 3.36. The Morgan fingerprint density at radius 3 is 1.67 bits per heavy atom. The average Bonchev–Trinajstić information content (AvgIpc) is 3.05. The highest BCUT2D eigenvalue weighted by atomic mass is 32.1. The minimum absolute atomic E-state index is 0.895. The Hall–Kier alpha value is -2.06. The van der Waals surface area contributed by atoms with Crippen molar-refractivity contribution >= 4 is 44.4 Å². The van der Waals surface area contributed by atoms with Gasteiger partial charge >= 0.3 is 0 Å². The Kier molecular flexibility index (Phi) is 3.11. The lowest BCUT2D eigenvalue weighted by atomic mass is 10.2. The molecule has 0 spiro atoms. The first-order valence-corrected chi connectivity index (χ1v) is 6.64. The fraction of sp³-hybridized carbons (Fsp3) is 0. The summed E-state index contributed by atoms with van der Waals surface area (Å²) < 4.78 is 7.63. The molecule has 90 valence electrons. The van der Waals surface area contributed by atoms with Crippen molar-refractivity contribution in [1.29, 1.82) is 0 Å². The summed E-state index contributed by atoms with van der Waals surface area (Å²) in [5.74, 6) is 0. The summed E-state index contributed by atoms with van der Waals surface area (Å²) in [5, 5.41) is 15.9. The van der Waals surface area contributed by atoms with E-state index in [-0.39, 0.29) is 0 Å². The molecule has 0 unspecified atom stereocenters. The zero-order valence-corrected chi connectivity index (χ0v) is 10.7. The molecule has 2 aromatic heterocycles. The van der Waals surface area contributed by atoms with Gasteiger partial charge in [0, 0.05) is 23.1 Å². The zero-order valence-electron chi connectivity index (χ0n) is 9.07. The van der Waals surface area contributed by atoms with Crippen molar-refractivity contribution in [2.75, 3.05) is 10.6 Å². The normalized spacial score (nSPS) is 10.2. The summed E-state index contributed by atoms with van der Waals surface area (Å²) >= 11 is 2.62. The Balaban J connectivity index is 1.85. The van der Waals surface area contributed by atoms with Crippen LogP contribution < -0.4 is 10.6 Å². The lowest BCUT2D eigenvalue weighted by Gasteiger charge is -2.10. The van der Waals surface area contributed by atoms with E-state index < -0.39 is 0 Å². The molecule has 1 aromatic carbocycles. The molecule has 2 N–H and O–H groups in total. The summed E-state index contributed by atoms with van der Waals surface area (Å²) in [6, 6.07) is 7.90. The number of anilines is 4. The third kappa shape index (κ3) is 2.44. The Labute approximate surface area is 111 Å². The molecular weight excluding hydrogens is 268 g/mol. The molecule has 3 aromatic rings. The van der Waals surface area contributed by atoms with Gasteiger partial charge in [0.25, 0.3) is 0 Å². The largest absolute Gasteiger partial charge is 0.343 e. The van der Waals surface area contributed by atoms with Crippen molar-refractivity contribution in [3.05, 3.63) is 36.7 Å². The molecule has 8 heteroatoms. The SMILES string of the molecule is c1ccc(Nc2cnns2)c(Nc2cnns2)c1. The molecule has 0 atom stereocenters. The van der Waals surface area contributed by atoms with Gasteiger partial charge in [-0.1, -0.05) is 21.1 Å². The lowest BCUT2D eigenvalue weighted by Crippen LogP contribution is -1.94. The summed E-state index contributed by atoms with van der Waals surface area (Å²) in [7, 11) is 0. The van der Waals surface area contributed by atoms with Gasteiger partial charge in [-0.05, 0) is 12.1 Å². The van der Waals surface area contributed by atoms with E-state index in [0.29, 0.717) is 0 Å². The number of rotatable bonds is 4. The maximum Gasteiger partial charge on any atom is 0.134 e. The quantitative estimate of drug-likeness (QED) is 0.763. The predicted molar refractivity (Wildman–Crippen MR) is 72.8 cm³/mol. The summed E-state index contributed by atoms with van der Waals surface area (Å²) in [4.78, 5) is 0. The van der Waals surface area contributed by atoms with Crippen LogP contribution in [0.1, 0.15) is 0 Å². The van der Waals surface area contributed by atoms with Crippen LogP contribution in [0.3, 0.4) is 0 Å². The number of aromatic nitrogens is 4. The molecule has 0 fully saturated rings. The molecule has 0 saturated heterocycles. The first-order chi connectivity index (χ1) is 8.92. The first-order valence-electron chi connectivity index (χ1n) is 5.09. The molecule has 0 amide bonds. The Morgan fingerprint density at radius 1 is 0.778 bits per heavy atom. The first kappa shape index (κ1) is 11.1. The maximum absolute atomic E-state index is 3.81. The molecule has 6 nitrogen and oxygen atoms in total. The fourth-order valence-corrected chi connectivity index (χ4v) is 2.28. The van der Waals surface area contributed by atoms with E-state index in [1.807, 2.05) is 24.3 Å². The minimum atomic E-state index is 0.895. The van der Waals surface area contributed by atoms with Gasteiger partial charge in [-0.3, -0.25) is 0 Å². The van der Waals surface area contributed by atoms with Crippen LogP contribution in [0, 0.1) is 0 Å². The van der Waals surface area contributed by atoms with E-state index in [1.165, 1.54) is 23.1 Å². The third-order valence-electron chi connectivity index (χ3n) is 2.17. The average molecular weight is 276 g/mol. The number of para-hydroxylation sites is 2. The summed E-state index contributed by atoms with van der Waals surface area (Å²) in [6.45, 7) is 0. The molecule has 2 heterocycles. The number of benzene rings is 1. The highest BCUT2D eigenvalue weighted by Gasteiger charge is 2.05. The number of nitrogens with one attached hydrogen (secondary N) is 2. The van der Waals surface area contributed by atoms with E-state index in [4.69, 9.17) is 0 Å². The molecular formula is C10H8N6S2. The monoisotopic (exact) mass is 276 g/mol. The maximum atomic E-state index is 3.81. The van der Waals surface area contributed by atoms with E-state index in [1.54, 1.807) is 12.4 Å². The highest BCUT2D eigenvalue weighted by Crippen LogP contribution is 2.29. The number of hydrogen-bond acceptors (Lipinski definition) is 8. The highest BCUT2D eigenvalue weighted by molar-refractivity contribution is 7.10. The zero-order chi connectivity index (χ0) is 12.2. The van der Waals surface area contributed by atoms with Gasteiger partial charge in [-0.2, -0.15) is 0 Å². The standard InChI is InChI=1S/C10H8N6S2/c1-2-4-8(14-10-6-12-16-18-10)7(3-1)13-9-5-11-15-17-9/h1-6,13-14H. The molecule has 18 heavy (non-hydrogen) atoms. The van der Waals surface area contributed by atoms with E-state index in [9.17, 15) is 0 Å².